The Kier molecular flexibility index (Phi) is 3.45. The summed E-state index contributed by atoms with van der Waals surface area (Å²) < 4.78 is 18.7. The predicted octanol–water partition coefficient (Wildman–Crippen LogP) is 2.63. The molecule has 0 aromatic heterocycles. The third-order valence-corrected chi connectivity index (χ3v) is 4.20. The summed E-state index contributed by atoms with van der Waals surface area (Å²) in [5.74, 6) is -0.550. The molecule has 0 heterocycles. The van der Waals surface area contributed by atoms with Gasteiger partial charge >= 0.3 is 5.69 Å². The third kappa shape index (κ3) is 2.28. The molecule has 3 unspecified atom stereocenters. The molecule has 1 saturated carbocycles. The molecule has 1 aliphatic rings. The van der Waals surface area contributed by atoms with E-state index in [9.17, 15) is 14.5 Å². The Morgan fingerprint density at radius 2 is 2.32 bits per heavy atom. The van der Waals surface area contributed by atoms with Gasteiger partial charge in [0, 0.05) is 17.9 Å². The zero-order valence-electron chi connectivity index (χ0n) is 10.9. The molecule has 104 valence electrons. The van der Waals surface area contributed by atoms with Crippen LogP contribution >= 0.6 is 0 Å². The molecule has 0 amide bonds. The van der Waals surface area contributed by atoms with Crippen molar-refractivity contribution < 1.29 is 14.1 Å². The monoisotopic (exact) mass is 268 g/mol. The average molecular weight is 268 g/mol. The fourth-order valence-corrected chi connectivity index (χ4v) is 2.41. The quantitative estimate of drug-likeness (QED) is 0.672. The van der Waals surface area contributed by atoms with Crippen molar-refractivity contribution in [1.82, 2.24) is 0 Å². The Hall–Kier alpha value is -1.69. The lowest BCUT2D eigenvalue weighted by Crippen LogP contribution is -2.61. The third-order valence-electron chi connectivity index (χ3n) is 4.20. The summed E-state index contributed by atoms with van der Waals surface area (Å²) in [6, 6.07) is 3.36. The van der Waals surface area contributed by atoms with Crippen LogP contribution in [0.1, 0.15) is 26.7 Å². The molecule has 1 aliphatic carbocycles. The van der Waals surface area contributed by atoms with Gasteiger partial charge in [0.1, 0.15) is 11.9 Å². The van der Waals surface area contributed by atoms with E-state index in [1.165, 1.54) is 6.07 Å². The number of hydrogen-bond donors (Lipinski definition) is 1. The van der Waals surface area contributed by atoms with Crippen molar-refractivity contribution in [2.45, 2.75) is 38.8 Å². The smallest absolute Gasteiger partial charge is 0.313 e. The van der Waals surface area contributed by atoms with Gasteiger partial charge < -0.3 is 10.5 Å². The molecule has 1 aromatic carbocycles. The summed E-state index contributed by atoms with van der Waals surface area (Å²) in [5.41, 5.74) is 5.42. The lowest BCUT2D eigenvalue weighted by molar-refractivity contribution is -0.386. The van der Waals surface area contributed by atoms with Gasteiger partial charge in [-0.15, -0.1) is 0 Å². The molecule has 0 radical (unpaired) electrons. The summed E-state index contributed by atoms with van der Waals surface area (Å²) in [4.78, 5) is 10.3. The number of benzene rings is 1. The van der Waals surface area contributed by atoms with Crippen LogP contribution in [0.4, 0.5) is 10.1 Å². The SMILES string of the molecule is CCC1(C)C(N)CC1Oc1ccc(F)cc1[N+](=O)[O-]. The molecule has 6 heteroatoms. The molecular formula is C13H17FN2O3. The topological polar surface area (TPSA) is 78.4 Å². The highest BCUT2D eigenvalue weighted by atomic mass is 19.1. The van der Waals surface area contributed by atoms with E-state index < -0.39 is 10.7 Å². The van der Waals surface area contributed by atoms with Gasteiger partial charge in [0.25, 0.3) is 0 Å². The Labute approximate surface area is 110 Å². The Morgan fingerprint density at radius 1 is 1.63 bits per heavy atom. The van der Waals surface area contributed by atoms with Gasteiger partial charge in [0.15, 0.2) is 5.75 Å². The second-order valence-electron chi connectivity index (χ2n) is 5.18. The molecule has 3 atom stereocenters. The Bertz CT molecular complexity index is 509. The van der Waals surface area contributed by atoms with Gasteiger partial charge in [-0.2, -0.15) is 0 Å². The molecule has 2 N–H and O–H groups in total. The van der Waals surface area contributed by atoms with E-state index in [4.69, 9.17) is 10.5 Å². The summed E-state index contributed by atoms with van der Waals surface area (Å²) in [6.45, 7) is 4.01. The lowest BCUT2D eigenvalue weighted by atomic mass is 9.62. The highest BCUT2D eigenvalue weighted by Gasteiger charge is 2.50. The van der Waals surface area contributed by atoms with Crippen molar-refractivity contribution in [3.05, 3.63) is 34.1 Å². The van der Waals surface area contributed by atoms with E-state index in [2.05, 4.69) is 0 Å². The van der Waals surface area contributed by atoms with Crippen molar-refractivity contribution in [1.29, 1.82) is 0 Å². The molecule has 19 heavy (non-hydrogen) atoms. The molecule has 1 aromatic rings. The average Bonchev–Trinajstić information content (AvgIpc) is 2.38. The van der Waals surface area contributed by atoms with Gasteiger partial charge in [0.05, 0.1) is 11.0 Å². The van der Waals surface area contributed by atoms with E-state index in [1.54, 1.807) is 0 Å². The van der Waals surface area contributed by atoms with E-state index in [0.717, 1.165) is 18.6 Å². The van der Waals surface area contributed by atoms with Crippen LogP contribution in [0.5, 0.6) is 5.75 Å². The van der Waals surface area contributed by atoms with Crippen molar-refractivity contribution in [2.24, 2.45) is 11.1 Å². The van der Waals surface area contributed by atoms with Crippen LogP contribution in [0.15, 0.2) is 18.2 Å². The van der Waals surface area contributed by atoms with E-state index in [-0.39, 0.29) is 29.0 Å². The minimum absolute atomic E-state index is 0.0296. The first kappa shape index (κ1) is 13.7. The van der Waals surface area contributed by atoms with Crippen LogP contribution in [0.3, 0.4) is 0 Å². The van der Waals surface area contributed by atoms with Crippen molar-refractivity contribution in [2.75, 3.05) is 0 Å². The van der Waals surface area contributed by atoms with Crippen LogP contribution in [-0.4, -0.2) is 17.1 Å². The fraction of sp³-hybridized carbons (Fsp3) is 0.538. The highest BCUT2D eigenvalue weighted by Crippen LogP contribution is 2.45. The summed E-state index contributed by atoms with van der Waals surface area (Å²) in [6.07, 6.45) is 1.31. The second-order valence-corrected chi connectivity index (χ2v) is 5.18. The van der Waals surface area contributed by atoms with Crippen LogP contribution in [0.25, 0.3) is 0 Å². The predicted molar refractivity (Wildman–Crippen MR) is 68.5 cm³/mol. The van der Waals surface area contributed by atoms with E-state index >= 15 is 0 Å². The molecule has 1 fully saturated rings. The van der Waals surface area contributed by atoms with Crippen molar-refractivity contribution >= 4 is 5.69 Å². The van der Waals surface area contributed by atoms with Gasteiger partial charge in [-0.25, -0.2) is 4.39 Å². The normalized spacial score (nSPS) is 29.7. The first-order valence-corrected chi connectivity index (χ1v) is 6.24. The largest absolute Gasteiger partial charge is 0.483 e. The molecular weight excluding hydrogens is 251 g/mol. The number of hydrogen-bond acceptors (Lipinski definition) is 4. The number of nitrogens with two attached hydrogens (primary N) is 1. The lowest BCUT2D eigenvalue weighted by Gasteiger charge is -2.51. The number of nitrogens with zero attached hydrogens (tertiary/aromatic N) is 1. The summed E-state index contributed by atoms with van der Waals surface area (Å²) >= 11 is 0. The van der Waals surface area contributed by atoms with Crippen molar-refractivity contribution in [3.8, 4) is 5.75 Å². The maximum atomic E-state index is 13.0. The van der Waals surface area contributed by atoms with Crippen LogP contribution in [-0.2, 0) is 0 Å². The number of rotatable bonds is 4. The molecule has 5 nitrogen and oxygen atoms in total. The molecule has 0 aliphatic heterocycles. The zero-order valence-corrected chi connectivity index (χ0v) is 10.9. The summed E-state index contributed by atoms with van der Waals surface area (Å²) in [5, 5.41) is 10.9. The first-order chi connectivity index (χ1) is 8.88. The zero-order chi connectivity index (χ0) is 14.2. The minimum atomic E-state index is -0.650. The summed E-state index contributed by atoms with van der Waals surface area (Å²) in [7, 11) is 0. The van der Waals surface area contributed by atoms with Gasteiger partial charge in [-0.05, 0) is 18.6 Å². The van der Waals surface area contributed by atoms with Crippen LogP contribution < -0.4 is 10.5 Å². The first-order valence-electron chi connectivity index (χ1n) is 6.24. The van der Waals surface area contributed by atoms with E-state index in [1.807, 2.05) is 13.8 Å². The fourth-order valence-electron chi connectivity index (χ4n) is 2.41. The van der Waals surface area contributed by atoms with Gasteiger partial charge in [-0.1, -0.05) is 13.8 Å². The van der Waals surface area contributed by atoms with Gasteiger partial charge in [-0.3, -0.25) is 10.1 Å². The molecule has 0 bridgehead atoms. The molecule has 0 spiro atoms. The number of nitro groups is 1. The van der Waals surface area contributed by atoms with Crippen LogP contribution in [0, 0.1) is 21.3 Å². The molecule has 2 rings (SSSR count). The number of halogens is 1. The minimum Gasteiger partial charge on any atom is -0.483 e. The maximum absolute atomic E-state index is 13.0. The Morgan fingerprint density at radius 3 is 2.84 bits per heavy atom. The van der Waals surface area contributed by atoms with E-state index in [0.29, 0.717) is 6.42 Å². The van der Waals surface area contributed by atoms with Gasteiger partial charge in [0.2, 0.25) is 0 Å². The molecule has 0 saturated heterocycles. The maximum Gasteiger partial charge on any atom is 0.313 e. The second kappa shape index (κ2) is 4.77. The number of ether oxygens (including phenoxy) is 1. The van der Waals surface area contributed by atoms with Crippen molar-refractivity contribution in [3.63, 3.8) is 0 Å². The Balaban J connectivity index is 2.23. The highest BCUT2D eigenvalue weighted by molar-refractivity contribution is 5.46. The number of nitro benzene ring substituents is 1. The standard InChI is InChI=1S/C13H17FN2O3/c1-3-13(2)11(15)7-12(13)19-10-5-4-8(14)6-9(10)16(17)18/h4-6,11-12H,3,7,15H2,1-2H3. The van der Waals surface area contributed by atoms with Crippen LogP contribution in [0.2, 0.25) is 0 Å².